The van der Waals surface area contributed by atoms with Gasteiger partial charge in [0, 0.05) is 19.3 Å². The van der Waals surface area contributed by atoms with Gasteiger partial charge in [-0.3, -0.25) is 19.1 Å². The Morgan fingerprint density at radius 2 is 2.03 bits per heavy atom. The topological polar surface area (TPSA) is 123 Å². The lowest BCUT2D eigenvalue weighted by molar-refractivity contribution is -0.154. The molecule has 0 aliphatic rings. The Hall–Kier alpha value is -3.02. The monoisotopic (exact) mass is 463 g/mol. The maximum absolute atomic E-state index is 13.0. The zero-order chi connectivity index (χ0) is 23.3. The number of nitrogens with one attached hydrogen (secondary N) is 1. The molecule has 170 valence electrons. The molecule has 13 heteroatoms. The van der Waals surface area contributed by atoms with Gasteiger partial charge in [-0.1, -0.05) is 24.9 Å². The molecule has 31 heavy (non-hydrogen) atoms. The van der Waals surface area contributed by atoms with E-state index in [0.717, 1.165) is 28.2 Å². The molecule has 3 N–H and O–H groups in total. The first-order valence-corrected chi connectivity index (χ1v) is 9.67. The van der Waals surface area contributed by atoms with E-state index in [0.29, 0.717) is 6.42 Å². The molecule has 0 atom stereocenters. The number of carbonyl (C=O) groups is 1. The van der Waals surface area contributed by atoms with Crippen LogP contribution in [-0.4, -0.2) is 39.8 Å². The lowest BCUT2D eigenvalue weighted by Crippen LogP contribution is -2.41. The number of nitrogen functional groups attached to an aromatic ring is 1. The first-order valence-electron chi connectivity index (χ1n) is 9.29. The molecule has 2 aromatic heterocycles. The molecule has 2 aromatic rings. The number of nitrogens with zero attached hydrogens (tertiary/aromatic N) is 3. The van der Waals surface area contributed by atoms with Crippen molar-refractivity contribution >= 4 is 29.0 Å². The molecule has 0 aromatic carbocycles. The number of aromatic nitrogens is 3. The lowest BCUT2D eigenvalue weighted by atomic mass is 10.2. The average molecular weight is 464 g/mol. The first kappa shape index (κ1) is 24.3. The van der Waals surface area contributed by atoms with Crippen LogP contribution in [0.15, 0.2) is 21.9 Å². The third kappa shape index (κ3) is 5.78. The maximum atomic E-state index is 13.0. The maximum Gasteiger partial charge on any atom is 0.422 e. The van der Waals surface area contributed by atoms with Crippen LogP contribution in [0, 0.1) is 0 Å². The number of alkyl halides is 3. The second kappa shape index (κ2) is 9.86. The van der Waals surface area contributed by atoms with E-state index in [4.69, 9.17) is 17.3 Å². The average Bonchev–Trinajstić information content (AvgIpc) is 2.68. The number of nitrogens with two attached hydrogens (primary N) is 1. The fourth-order valence-corrected chi connectivity index (χ4v) is 2.96. The zero-order valence-electron chi connectivity index (χ0n) is 16.8. The minimum absolute atomic E-state index is 0.00202. The molecule has 0 spiro atoms. The van der Waals surface area contributed by atoms with Crippen LogP contribution in [0.5, 0.6) is 5.88 Å². The molecule has 0 fully saturated rings. The van der Waals surface area contributed by atoms with Gasteiger partial charge in [-0.15, -0.1) is 0 Å². The molecule has 1 amide bonds. The van der Waals surface area contributed by atoms with Gasteiger partial charge in [0.25, 0.3) is 11.5 Å². The SMILES string of the molecule is CCCCn1c(N)c(N(CC)C(=O)c2cnc(OCC(F)(F)F)c(Cl)c2)c(=O)[nH]c1=O. The lowest BCUT2D eigenvalue weighted by Gasteiger charge is -2.23. The molecule has 2 heterocycles. The van der Waals surface area contributed by atoms with Gasteiger partial charge in [0.05, 0.1) is 5.56 Å². The molecule has 0 saturated heterocycles. The fraction of sp³-hybridized carbons (Fsp3) is 0.444. The summed E-state index contributed by atoms with van der Waals surface area (Å²) in [6, 6.07) is 1.07. The smallest absolute Gasteiger partial charge is 0.422 e. The van der Waals surface area contributed by atoms with E-state index in [1.165, 1.54) is 0 Å². The largest absolute Gasteiger partial charge is 0.467 e. The van der Waals surface area contributed by atoms with Crippen molar-refractivity contribution in [2.75, 3.05) is 23.8 Å². The molecule has 0 aliphatic carbocycles. The van der Waals surface area contributed by atoms with Crippen LogP contribution < -0.4 is 26.6 Å². The van der Waals surface area contributed by atoms with Crippen molar-refractivity contribution in [3.8, 4) is 5.88 Å². The summed E-state index contributed by atoms with van der Waals surface area (Å²) in [6.07, 6.45) is -2.23. The number of rotatable bonds is 8. The second-order valence-corrected chi connectivity index (χ2v) is 6.87. The predicted molar refractivity (Wildman–Crippen MR) is 109 cm³/mol. The van der Waals surface area contributed by atoms with Crippen LogP contribution in [0.3, 0.4) is 0 Å². The van der Waals surface area contributed by atoms with E-state index in [1.807, 2.05) is 6.92 Å². The number of carbonyl (C=O) groups excluding carboxylic acids is 1. The van der Waals surface area contributed by atoms with Gasteiger partial charge in [-0.2, -0.15) is 13.2 Å². The van der Waals surface area contributed by atoms with Gasteiger partial charge < -0.3 is 15.4 Å². The molecular weight excluding hydrogens is 443 g/mol. The molecular formula is C18H21ClF3N5O4. The van der Waals surface area contributed by atoms with Crippen molar-refractivity contribution in [2.24, 2.45) is 0 Å². The van der Waals surface area contributed by atoms with Gasteiger partial charge in [0.1, 0.15) is 10.8 Å². The number of H-pyrrole nitrogens is 1. The molecule has 0 unspecified atom stereocenters. The standard InChI is InChI=1S/C18H21ClF3N5O4/c1-3-5-6-27-13(23)12(14(28)25-17(27)30)26(4-2)16(29)10-7-11(19)15(24-8-10)31-9-18(20,21)22/h7-8H,3-6,9,23H2,1-2H3,(H,25,28,30). The Morgan fingerprint density at radius 1 is 1.35 bits per heavy atom. The Kier molecular flexibility index (Phi) is 7.71. The number of aromatic amines is 1. The fourth-order valence-electron chi connectivity index (χ4n) is 2.73. The van der Waals surface area contributed by atoms with Crippen molar-refractivity contribution in [2.45, 2.75) is 39.4 Å². The molecule has 0 radical (unpaired) electrons. The second-order valence-electron chi connectivity index (χ2n) is 6.46. The van der Waals surface area contributed by atoms with Gasteiger partial charge >= 0.3 is 11.9 Å². The van der Waals surface area contributed by atoms with Crippen molar-refractivity contribution < 1.29 is 22.7 Å². The summed E-state index contributed by atoms with van der Waals surface area (Å²) >= 11 is 5.90. The number of amides is 1. The Morgan fingerprint density at radius 3 is 2.58 bits per heavy atom. The van der Waals surface area contributed by atoms with Crippen LogP contribution in [-0.2, 0) is 6.54 Å². The Labute approximate surface area is 179 Å². The highest BCUT2D eigenvalue weighted by atomic mass is 35.5. The van der Waals surface area contributed by atoms with Crippen molar-refractivity contribution in [1.29, 1.82) is 0 Å². The van der Waals surface area contributed by atoms with Crippen LogP contribution in [0.25, 0.3) is 0 Å². The molecule has 0 aliphatic heterocycles. The number of anilines is 2. The van der Waals surface area contributed by atoms with Crippen LogP contribution in [0.4, 0.5) is 24.7 Å². The summed E-state index contributed by atoms with van der Waals surface area (Å²) in [5, 5.41) is -0.319. The Bertz CT molecular complexity index is 1070. The van der Waals surface area contributed by atoms with E-state index in [9.17, 15) is 27.6 Å². The van der Waals surface area contributed by atoms with Gasteiger partial charge in [0.2, 0.25) is 5.88 Å². The summed E-state index contributed by atoms with van der Waals surface area (Å²) < 4.78 is 42.6. The summed E-state index contributed by atoms with van der Waals surface area (Å²) in [5.74, 6) is -1.41. The zero-order valence-corrected chi connectivity index (χ0v) is 17.5. The number of ether oxygens (including phenoxy) is 1. The number of hydrogen-bond acceptors (Lipinski definition) is 6. The van der Waals surface area contributed by atoms with Crippen molar-refractivity contribution in [1.82, 2.24) is 14.5 Å². The predicted octanol–water partition coefficient (Wildman–Crippen LogP) is 2.58. The minimum atomic E-state index is -4.59. The quantitative estimate of drug-likeness (QED) is 0.620. The first-order chi connectivity index (χ1) is 14.5. The number of pyridine rings is 1. The highest BCUT2D eigenvalue weighted by molar-refractivity contribution is 6.32. The van der Waals surface area contributed by atoms with Gasteiger partial charge in [-0.25, -0.2) is 9.78 Å². The summed E-state index contributed by atoms with van der Waals surface area (Å²) in [7, 11) is 0. The molecule has 2 rings (SSSR count). The number of halogens is 4. The normalized spacial score (nSPS) is 11.4. The van der Waals surface area contributed by atoms with E-state index >= 15 is 0 Å². The molecule has 0 saturated carbocycles. The third-order valence-corrected chi connectivity index (χ3v) is 4.48. The van der Waals surface area contributed by atoms with Crippen molar-refractivity contribution in [3.63, 3.8) is 0 Å². The summed E-state index contributed by atoms with van der Waals surface area (Å²) in [4.78, 5) is 44.3. The molecule has 9 nitrogen and oxygen atoms in total. The highest BCUT2D eigenvalue weighted by Crippen LogP contribution is 2.26. The van der Waals surface area contributed by atoms with Gasteiger partial charge in [-0.05, 0) is 19.4 Å². The number of hydrogen-bond donors (Lipinski definition) is 2. The summed E-state index contributed by atoms with van der Waals surface area (Å²) in [5.41, 5.74) is 4.15. The van der Waals surface area contributed by atoms with Crippen LogP contribution in [0.2, 0.25) is 5.02 Å². The summed E-state index contributed by atoms with van der Waals surface area (Å²) in [6.45, 7) is 2.14. The van der Waals surface area contributed by atoms with Gasteiger partial charge in [0.15, 0.2) is 12.3 Å². The van der Waals surface area contributed by atoms with Crippen LogP contribution in [0.1, 0.15) is 37.0 Å². The van der Waals surface area contributed by atoms with E-state index in [1.54, 1.807) is 6.92 Å². The van der Waals surface area contributed by atoms with E-state index < -0.39 is 35.8 Å². The highest BCUT2D eigenvalue weighted by Gasteiger charge is 2.30. The van der Waals surface area contributed by atoms with Crippen molar-refractivity contribution in [3.05, 3.63) is 43.7 Å². The minimum Gasteiger partial charge on any atom is -0.467 e. The number of unbranched alkanes of at least 4 members (excludes halogenated alkanes) is 1. The van der Waals surface area contributed by atoms with E-state index in [2.05, 4.69) is 14.7 Å². The van der Waals surface area contributed by atoms with Crippen LogP contribution >= 0.6 is 11.6 Å². The Balaban J connectivity index is 2.41. The van der Waals surface area contributed by atoms with E-state index in [-0.39, 0.29) is 35.2 Å². The third-order valence-electron chi connectivity index (χ3n) is 4.21. The molecule has 0 bridgehead atoms.